The molecule has 1 aliphatic rings. The summed E-state index contributed by atoms with van der Waals surface area (Å²) in [4.78, 5) is 19.9. The standard InChI is InChI=1S/C13H18N2O.C2HF3O2/c1-9(15-10(2)16)11-3-4-13-8-14-6-5-12(13)7-11;3-2(4,5)1(6)7/h3-4,7,9,14H,5-6,8H2,1-2H3,(H,15,16);(H,6,7). The van der Waals surface area contributed by atoms with E-state index in [0.717, 1.165) is 19.5 Å². The third-order valence-electron chi connectivity index (χ3n) is 3.28. The van der Waals surface area contributed by atoms with E-state index < -0.39 is 12.1 Å². The quantitative estimate of drug-likeness (QED) is 0.775. The van der Waals surface area contributed by atoms with Crippen LogP contribution in [-0.2, 0) is 22.6 Å². The van der Waals surface area contributed by atoms with Crippen LogP contribution in [-0.4, -0.2) is 29.7 Å². The first-order valence-corrected chi connectivity index (χ1v) is 7.01. The Bertz CT molecular complexity index is 574. The van der Waals surface area contributed by atoms with Crippen molar-refractivity contribution in [3.63, 3.8) is 0 Å². The molecule has 23 heavy (non-hydrogen) atoms. The Morgan fingerprint density at radius 3 is 2.43 bits per heavy atom. The lowest BCUT2D eigenvalue weighted by atomic mass is 9.96. The molecular formula is C15H19F3N2O3. The molecule has 0 fully saturated rings. The molecule has 1 unspecified atom stereocenters. The normalized spacial score (nSPS) is 14.8. The average molecular weight is 332 g/mol. The summed E-state index contributed by atoms with van der Waals surface area (Å²) in [7, 11) is 0. The molecule has 128 valence electrons. The van der Waals surface area contributed by atoms with Gasteiger partial charge in [0, 0.05) is 13.5 Å². The zero-order valence-corrected chi connectivity index (χ0v) is 12.8. The number of benzene rings is 1. The average Bonchev–Trinajstić information content (AvgIpc) is 2.45. The number of hydrogen-bond donors (Lipinski definition) is 3. The lowest BCUT2D eigenvalue weighted by Gasteiger charge is -2.20. The van der Waals surface area contributed by atoms with Crippen molar-refractivity contribution in [2.45, 2.75) is 39.0 Å². The van der Waals surface area contributed by atoms with E-state index in [2.05, 4.69) is 28.8 Å². The van der Waals surface area contributed by atoms with Crippen molar-refractivity contribution in [2.75, 3.05) is 6.54 Å². The number of hydrogen-bond acceptors (Lipinski definition) is 3. The van der Waals surface area contributed by atoms with Gasteiger partial charge in [-0.15, -0.1) is 0 Å². The second-order valence-electron chi connectivity index (χ2n) is 5.18. The number of carbonyl (C=O) groups is 2. The Hall–Kier alpha value is -2.09. The zero-order chi connectivity index (χ0) is 17.6. The largest absolute Gasteiger partial charge is 0.490 e. The van der Waals surface area contributed by atoms with E-state index in [9.17, 15) is 18.0 Å². The van der Waals surface area contributed by atoms with Crippen LogP contribution in [0.1, 0.15) is 36.6 Å². The van der Waals surface area contributed by atoms with Gasteiger partial charge >= 0.3 is 12.1 Å². The number of fused-ring (bicyclic) bond motifs is 1. The summed E-state index contributed by atoms with van der Waals surface area (Å²) in [6, 6.07) is 6.58. The molecule has 1 aromatic carbocycles. The second kappa shape index (κ2) is 7.96. The minimum absolute atomic E-state index is 0.0203. The number of nitrogens with one attached hydrogen (secondary N) is 2. The summed E-state index contributed by atoms with van der Waals surface area (Å²) in [5.74, 6) is -2.74. The molecule has 1 heterocycles. The Kier molecular flexibility index (Phi) is 6.56. The molecule has 3 N–H and O–H groups in total. The van der Waals surface area contributed by atoms with Crippen LogP contribution in [0.25, 0.3) is 0 Å². The SMILES string of the molecule is CC(=O)NC(C)c1ccc2c(c1)CCNC2.O=C(O)C(F)(F)F. The number of aliphatic carboxylic acids is 1. The summed E-state index contributed by atoms with van der Waals surface area (Å²) < 4.78 is 31.7. The van der Waals surface area contributed by atoms with Crippen molar-refractivity contribution in [3.8, 4) is 0 Å². The summed E-state index contributed by atoms with van der Waals surface area (Å²) in [5.41, 5.74) is 3.98. The Morgan fingerprint density at radius 1 is 1.30 bits per heavy atom. The minimum Gasteiger partial charge on any atom is -0.475 e. The molecule has 1 aromatic rings. The molecule has 1 atom stereocenters. The number of halogens is 3. The molecule has 0 radical (unpaired) electrons. The predicted octanol–water partition coefficient (Wildman–Crippen LogP) is 2.16. The number of amides is 1. The van der Waals surface area contributed by atoms with Crippen molar-refractivity contribution >= 4 is 11.9 Å². The molecule has 2 rings (SSSR count). The lowest BCUT2D eigenvalue weighted by molar-refractivity contribution is -0.192. The van der Waals surface area contributed by atoms with Crippen molar-refractivity contribution < 1.29 is 27.9 Å². The molecule has 0 spiro atoms. The van der Waals surface area contributed by atoms with E-state index in [0.29, 0.717) is 0 Å². The van der Waals surface area contributed by atoms with Gasteiger partial charge in [-0.05, 0) is 36.6 Å². The molecule has 0 bridgehead atoms. The summed E-state index contributed by atoms with van der Waals surface area (Å²) in [6.07, 6.45) is -4.00. The Morgan fingerprint density at radius 2 is 1.91 bits per heavy atom. The molecular weight excluding hydrogens is 313 g/mol. The maximum atomic E-state index is 11.0. The van der Waals surface area contributed by atoms with Crippen LogP contribution in [0, 0.1) is 0 Å². The van der Waals surface area contributed by atoms with Crippen LogP contribution >= 0.6 is 0 Å². The van der Waals surface area contributed by atoms with E-state index in [1.165, 1.54) is 16.7 Å². The summed E-state index contributed by atoms with van der Waals surface area (Å²) >= 11 is 0. The van der Waals surface area contributed by atoms with E-state index in [4.69, 9.17) is 9.90 Å². The van der Waals surface area contributed by atoms with Gasteiger partial charge in [0.25, 0.3) is 0 Å². The monoisotopic (exact) mass is 332 g/mol. The minimum atomic E-state index is -5.08. The van der Waals surface area contributed by atoms with Gasteiger partial charge in [0.1, 0.15) is 0 Å². The van der Waals surface area contributed by atoms with E-state index in [1.807, 2.05) is 6.92 Å². The highest BCUT2D eigenvalue weighted by atomic mass is 19.4. The van der Waals surface area contributed by atoms with Gasteiger partial charge in [0.15, 0.2) is 0 Å². The van der Waals surface area contributed by atoms with Gasteiger partial charge in [-0.25, -0.2) is 4.79 Å². The second-order valence-corrected chi connectivity index (χ2v) is 5.18. The first kappa shape index (κ1) is 19.0. The zero-order valence-electron chi connectivity index (χ0n) is 12.8. The van der Waals surface area contributed by atoms with E-state index >= 15 is 0 Å². The molecule has 0 aliphatic carbocycles. The first-order valence-electron chi connectivity index (χ1n) is 7.01. The number of carboxylic acids is 1. The van der Waals surface area contributed by atoms with Crippen molar-refractivity contribution in [2.24, 2.45) is 0 Å². The summed E-state index contributed by atoms with van der Waals surface area (Å²) in [5, 5.41) is 13.4. The maximum absolute atomic E-state index is 11.0. The number of carbonyl (C=O) groups excluding carboxylic acids is 1. The third-order valence-corrected chi connectivity index (χ3v) is 3.28. The van der Waals surface area contributed by atoms with Crippen molar-refractivity contribution in [1.29, 1.82) is 0 Å². The smallest absolute Gasteiger partial charge is 0.475 e. The van der Waals surface area contributed by atoms with Crippen LogP contribution in [0.5, 0.6) is 0 Å². The highest BCUT2D eigenvalue weighted by Crippen LogP contribution is 2.20. The molecule has 8 heteroatoms. The number of carboxylic acid groups (broad SMARTS) is 1. The molecule has 0 aromatic heterocycles. The highest BCUT2D eigenvalue weighted by molar-refractivity contribution is 5.73. The topological polar surface area (TPSA) is 78.4 Å². The van der Waals surface area contributed by atoms with Gasteiger partial charge in [0.05, 0.1) is 6.04 Å². The van der Waals surface area contributed by atoms with Gasteiger partial charge in [-0.3, -0.25) is 4.79 Å². The van der Waals surface area contributed by atoms with E-state index in [-0.39, 0.29) is 11.9 Å². The van der Waals surface area contributed by atoms with Gasteiger partial charge in [-0.1, -0.05) is 18.2 Å². The molecule has 1 amide bonds. The van der Waals surface area contributed by atoms with Crippen LogP contribution in [0.3, 0.4) is 0 Å². The molecule has 0 saturated heterocycles. The lowest BCUT2D eigenvalue weighted by Crippen LogP contribution is -2.26. The maximum Gasteiger partial charge on any atom is 0.490 e. The fourth-order valence-corrected chi connectivity index (χ4v) is 2.15. The van der Waals surface area contributed by atoms with E-state index in [1.54, 1.807) is 6.92 Å². The van der Waals surface area contributed by atoms with Crippen LogP contribution in [0.2, 0.25) is 0 Å². The predicted molar refractivity (Wildman–Crippen MR) is 77.8 cm³/mol. The highest BCUT2D eigenvalue weighted by Gasteiger charge is 2.38. The number of alkyl halides is 3. The number of rotatable bonds is 2. The van der Waals surface area contributed by atoms with Gasteiger partial charge in [0.2, 0.25) is 5.91 Å². The fourth-order valence-electron chi connectivity index (χ4n) is 2.15. The van der Waals surface area contributed by atoms with Gasteiger partial charge in [-0.2, -0.15) is 13.2 Å². The van der Waals surface area contributed by atoms with Crippen LogP contribution in [0.4, 0.5) is 13.2 Å². The summed E-state index contributed by atoms with van der Waals surface area (Å²) in [6.45, 7) is 5.58. The van der Waals surface area contributed by atoms with Crippen LogP contribution < -0.4 is 10.6 Å². The van der Waals surface area contributed by atoms with Gasteiger partial charge < -0.3 is 15.7 Å². The molecule has 0 saturated carbocycles. The van der Waals surface area contributed by atoms with Crippen molar-refractivity contribution in [3.05, 3.63) is 34.9 Å². The molecule has 5 nitrogen and oxygen atoms in total. The Balaban J connectivity index is 0.000000322. The third kappa shape index (κ3) is 6.27. The first-order chi connectivity index (χ1) is 10.6. The van der Waals surface area contributed by atoms with Crippen molar-refractivity contribution in [1.82, 2.24) is 10.6 Å². The Labute approximate surface area is 131 Å². The molecule has 1 aliphatic heterocycles. The fraction of sp³-hybridized carbons (Fsp3) is 0.467. The van der Waals surface area contributed by atoms with Crippen LogP contribution in [0.15, 0.2) is 18.2 Å².